The Balaban J connectivity index is 1.63. The molecule has 0 saturated carbocycles. The second-order valence-corrected chi connectivity index (χ2v) is 5.76. The molecule has 0 aromatic carbocycles. The standard InChI is InChI=1S/C15H26N2O/c1-3-12-18-15-6-10-17(11-7-15)13-14-4-8-16(2)9-5-14/h1,14-15H,4-13H2,2H3. The van der Waals surface area contributed by atoms with Gasteiger partial charge in [-0.25, -0.2) is 0 Å². The molecule has 2 rings (SSSR count). The number of hydrogen-bond donors (Lipinski definition) is 0. The summed E-state index contributed by atoms with van der Waals surface area (Å²) >= 11 is 0. The molecule has 3 nitrogen and oxygen atoms in total. The summed E-state index contributed by atoms with van der Waals surface area (Å²) in [6.45, 7) is 6.66. The Hall–Kier alpha value is -0.560. The van der Waals surface area contributed by atoms with Gasteiger partial charge >= 0.3 is 0 Å². The summed E-state index contributed by atoms with van der Waals surface area (Å²) in [6, 6.07) is 0. The van der Waals surface area contributed by atoms with Gasteiger partial charge in [-0.15, -0.1) is 6.42 Å². The Morgan fingerprint density at radius 2 is 1.78 bits per heavy atom. The number of terminal acetylenes is 1. The topological polar surface area (TPSA) is 15.7 Å². The van der Waals surface area contributed by atoms with Crippen LogP contribution < -0.4 is 0 Å². The third kappa shape index (κ3) is 4.28. The van der Waals surface area contributed by atoms with E-state index in [2.05, 4.69) is 22.8 Å². The van der Waals surface area contributed by atoms with Gasteiger partial charge in [0.1, 0.15) is 6.61 Å². The zero-order valence-corrected chi connectivity index (χ0v) is 11.6. The van der Waals surface area contributed by atoms with Crippen molar-refractivity contribution >= 4 is 0 Å². The third-order valence-electron chi connectivity index (χ3n) is 4.29. The van der Waals surface area contributed by atoms with Crippen LogP contribution in [0.2, 0.25) is 0 Å². The van der Waals surface area contributed by atoms with E-state index in [9.17, 15) is 0 Å². The molecule has 2 aliphatic rings. The smallest absolute Gasteiger partial charge is 0.107 e. The van der Waals surface area contributed by atoms with Gasteiger partial charge in [-0.3, -0.25) is 0 Å². The minimum atomic E-state index is 0.398. The normalized spacial score (nSPS) is 25.1. The predicted molar refractivity (Wildman–Crippen MR) is 74.5 cm³/mol. The van der Waals surface area contributed by atoms with E-state index in [-0.39, 0.29) is 0 Å². The van der Waals surface area contributed by atoms with Crippen LogP contribution in [0.3, 0.4) is 0 Å². The van der Waals surface area contributed by atoms with Crippen LogP contribution in [0.25, 0.3) is 0 Å². The molecule has 0 radical (unpaired) electrons. The van der Waals surface area contributed by atoms with Gasteiger partial charge in [-0.05, 0) is 51.7 Å². The highest BCUT2D eigenvalue weighted by Gasteiger charge is 2.23. The van der Waals surface area contributed by atoms with Crippen molar-refractivity contribution < 1.29 is 4.74 Å². The van der Waals surface area contributed by atoms with Crippen LogP contribution >= 0.6 is 0 Å². The largest absolute Gasteiger partial charge is 0.365 e. The number of rotatable bonds is 4. The lowest BCUT2D eigenvalue weighted by Crippen LogP contribution is -2.42. The van der Waals surface area contributed by atoms with Crippen molar-refractivity contribution in [2.24, 2.45) is 5.92 Å². The lowest BCUT2D eigenvalue weighted by atomic mass is 9.95. The first-order chi connectivity index (χ1) is 8.78. The molecule has 2 saturated heterocycles. The van der Waals surface area contributed by atoms with E-state index in [1.54, 1.807) is 0 Å². The fourth-order valence-corrected chi connectivity index (χ4v) is 3.03. The first-order valence-corrected chi connectivity index (χ1v) is 7.24. The Kier molecular flexibility index (Phi) is 5.49. The molecule has 0 N–H and O–H groups in total. The molecular weight excluding hydrogens is 224 g/mol. The molecule has 18 heavy (non-hydrogen) atoms. The summed E-state index contributed by atoms with van der Waals surface area (Å²) in [6.07, 6.45) is 10.6. The number of ether oxygens (including phenoxy) is 1. The lowest BCUT2D eigenvalue weighted by molar-refractivity contribution is 0.0182. The van der Waals surface area contributed by atoms with Crippen LogP contribution in [-0.2, 0) is 4.74 Å². The SMILES string of the molecule is C#CCOC1CCN(CC2CCN(C)CC2)CC1. The van der Waals surface area contributed by atoms with Gasteiger partial charge < -0.3 is 14.5 Å². The summed E-state index contributed by atoms with van der Waals surface area (Å²) in [4.78, 5) is 5.06. The average Bonchev–Trinajstić information content (AvgIpc) is 2.41. The molecule has 0 atom stereocenters. The van der Waals surface area contributed by atoms with Gasteiger partial charge in [0.15, 0.2) is 0 Å². The molecule has 2 heterocycles. The van der Waals surface area contributed by atoms with Crippen molar-refractivity contribution in [2.45, 2.75) is 31.8 Å². The van der Waals surface area contributed by atoms with Crippen molar-refractivity contribution in [3.63, 3.8) is 0 Å². The molecule has 0 amide bonds. The number of likely N-dealkylation sites (tertiary alicyclic amines) is 2. The maximum absolute atomic E-state index is 5.62. The van der Waals surface area contributed by atoms with E-state index in [0.717, 1.165) is 18.8 Å². The third-order valence-corrected chi connectivity index (χ3v) is 4.29. The minimum absolute atomic E-state index is 0.398. The fourth-order valence-electron chi connectivity index (χ4n) is 3.03. The summed E-state index contributed by atoms with van der Waals surface area (Å²) in [7, 11) is 2.23. The van der Waals surface area contributed by atoms with E-state index < -0.39 is 0 Å². The average molecular weight is 250 g/mol. The van der Waals surface area contributed by atoms with E-state index in [1.807, 2.05) is 0 Å². The number of piperidine rings is 2. The van der Waals surface area contributed by atoms with Crippen LogP contribution in [0.15, 0.2) is 0 Å². The molecule has 0 aromatic rings. The molecule has 3 heteroatoms. The summed E-state index contributed by atoms with van der Waals surface area (Å²) < 4.78 is 5.62. The van der Waals surface area contributed by atoms with E-state index in [1.165, 1.54) is 45.6 Å². The van der Waals surface area contributed by atoms with Crippen LogP contribution in [0.1, 0.15) is 25.7 Å². The van der Waals surface area contributed by atoms with Crippen molar-refractivity contribution in [3.05, 3.63) is 0 Å². The van der Waals surface area contributed by atoms with E-state index in [4.69, 9.17) is 11.2 Å². The number of hydrogen-bond acceptors (Lipinski definition) is 3. The molecule has 2 fully saturated rings. The summed E-state index contributed by atoms with van der Waals surface area (Å²) in [5.41, 5.74) is 0. The molecular formula is C15H26N2O. The van der Waals surface area contributed by atoms with Gasteiger partial charge in [-0.2, -0.15) is 0 Å². The fraction of sp³-hybridized carbons (Fsp3) is 0.867. The van der Waals surface area contributed by atoms with Gasteiger partial charge in [0, 0.05) is 19.6 Å². The second kappa shape index (κ2) is 7.13. The van der Waals surface area contributed by atoms with Gasteiger partial charge in [0.2, 0.25) is 0 Å². The maximum atomic E-state index is 5.62. The monoisotopic (exact) mass is 250 g/mol. The summed E-state index contributed by atoms with van der Waals surface area (Å²) in [5, 5.41) is 0. The first kappa shape index (κ1) is 13.9. The molecule has 0 bridgehead atoms. The number of nitrogens with zero attached hydrogens (tertiary/aromatic N) is 2. The summed E-state index contributed by atoms with van der Waals surface area (Å²) in [5.74, 6) is 3.46. The Labute approximate surface area is 111 Å². The Morgan fingerprint density at radius 3 is 2.39 bits per heavy atom. The quantitative estimate of drug-likeness (QED) is 0.702. The molecule has 0 spiro atoms. The first-order valence-electron chi connectivity index (χ1n) is 7.24. The van der Waals surface area contributed by atoms with Crippen LogP contribution in [0.5, 0.6) is 0 Å². The highest BCUT2D eigenvalue weighted by molar-refractivity contribution is 4.84. The van der Waals surface area contributed by atoms with Gasteiger partial charge in [0.05, 0.1) is 6.10 Å². The van der Waals surface area contributed by atoms with E-state index in [0.29, 0.717) is 12.7 Å². The Bertz CT molecular complexity index is 271. The molecule has 102 valence electrons. The van der Waals surface area contributed by atoms with Crippen LogP contribution in [0.4, 0.5) is 0 Å². The van der Waals surface area contributed by atoms with Crippen molar-refractivity contribution in [3.8, 4) is 12.3 Å². The zero-order chi connectivity index (χ0) is 12.8. The molecule has 0 aromatic heterocycles. The van der Waals surface area contributed by atoms with Crippen molar-refractivity contribution in [2.75, 3.05) is 46.4 Å². The van der Waals surface area contributed by atoms with Gasteiger partial charge in [0.25, 0.3) is 0 Å². The highest BCUT2D eigenvalue weighted by Crippen LogP contribution is 2.20. The van der Waals surface area contributed by atoms with Crippen LogP contribution in [0, 0.1) is 18.3 Å². The van der Waals surface area contributed by atoms with E-state index >= 15 is 0 Å². The molecule has 0 aliphatic carbocycles. The Morgan fingerprint density at radius 1 is 1.11 bits per heavy atom. The minimum Gasteiger partial charge on any atom is -0.365 e. The van der Waals surface area contributed by atoms with Crippen molar-refractivity contribution in [1.29, 1.82) is 0 Å². The maximum Gasteiger partial charge on any atom is 0.107 e. The highest BCUT2D eigenvalue weighted by atomic mass is 16.5. The lowest BCUT2D eigenvalue weighted by Gasteiger charge is -2.36. The second-order valence-electron chi connectivity index (χ2n) is 5.76. The van der Waals surface area contributed by atoms with Crippen LogP contribution in [-0.4, -0.2) is 62.3 Å². The molecule has 2 aliphatic heterocycles. The zero-order valence-electron chi connectivity index (χ0n) is 11.6. The van der Waals surface area contributed by atoms with Gasteiger partial charge in [-0.1, -0.05) is 5.92 Å². The molecule has 0 unspecified atom stereocenters. The predicted octanol–water partition coefficient (Wildman–Crippen LogP) is 1.44. The van der Waals surface area contributed by atoms with Crippen molar-refractivity contribution in [1.82, 2.24) is 9.80 Å².